The molecule has 10 heteroatoms. The van der Waals surface area contributed by atoms with E-state index in [1.165, 1.54) is 6.92 Å². The molecule has 3 unspecified atom stereocenters. The number of allylic oxidation sites excluding steroid dienone is 1. The van der Waals surface area contributed by atoms with E-state index in [0.717, 1.165) is 5.01 Å². The first-order valence-corrected chi connectivity index (χ1v) is 9.85. The van der Waals surface area contributed by atoms with Crippen LogP contribution in [-0.2, 0) is 14.3 Å². The SMILES string of the molecule is CC1=C(C(=O)NC2CCOCC2)C(=O)N2NC(C(F)(F)F)C(c3ccccc3)C2N1. The molecule has 162 valence electrons. The summed E-state index contributed by atoms with van der Waals surface area (Å²) in [5, 5.41) is 6.67. The third-order valence-corrected chi connectivity index (χ3v) is 5.75. The number of fused-ring (bicyclic) bond motifs is 1. The second-order valence-corrected chi connectivity index (χ2v) is 7.71. The number of halogens is 3. The quantitative estimate of drug-likeness (QED) is 0.642. The summed E-state index contributed by atoms with van der Waals surface area (Å²) in [6, 6.07) is 6.14. The molecule has 0 spiro atoms. The molecule has 0 bridgehead atoms. The van der Waals surface area contributed by atoms with Gasteiger partial charge in [-0.3, -0.25) is 9.59 Å². The monoisotopic (exact) mass is 424 g/mol. The van der Waals surface area contributed by atoms with Gasteiger partial charge in [-0.05, 0) is 25.3 Å². The Labute approximate surface area is 171 Å². The Morgan fingerprint density at radius 2 is 1.87 bits per heavy atom. The summed E-state index contributed by atoms with van der Waals surface area (Å²) in [6.07, 6.45) is -4.31. The van der Waals surface area contributed by atoms with Gasteiger partial charge in [0.05, 0.1) is 5.92 Å². The molecule has 1 aromatic carbocycles. The van der Waals surface area contributed by atoms with Crippen LogP contribution in [0.5, 0.6) is 0 Å². The minimum absolute atomic E-state index is 0.136. The van der Waals surface area contributed by atoms with Crippen LogP contribution in [0.15, 0.2) is 41.6 Å². The summed E-state index contributed by atoms with van der Waals surface area (Å²) in [4.78, 5) is 25.8. The molecule has 2 fully saturated rings. The topological polar surface area (TPSA) is 82.7 Å². The van der Waals surface area contributed by atoms with Gasteiger partial charge in [-0.1, -0.05) is 30.3 Å². The normalized spacial score (nSPS) is 27.7. The zero-order valence-corrected chi connectivity index (χ0v) is 16.3. The molecule has 0 aromatic heterocycles. The Kier molecular flexibility index (Phi) is 5.46. The predicted molar refractivity (Wildman–Crippen MR) is 101 cm³/mol. The first kappa shape index (κ1) is 20.7. The standard InChI is InChI=1S/C20H23F3N4O3/c1-11-14(18(28)25-13-7-9-30-10-8-13)19(29)27-17(24-11)15(12-5-3-2-4-6-12)16(26-27)20(21,22)23/h2-6,13,15-17,24,26H,7-10H2,1H3,(H,25,28). The van der Waals surface area contributed by atoms with Crippen LogP contribution < -0.4 is 16.1 Å². The smallest absolute Gasteiger partial charge is 0.381 e. The highest BCUT2D eigenvalue weighted by atomic mass is 19.4. The van der Waals surface area contributed by atoms with Crippen molar-refractivity contribution in [1.29, 1.82) is 0 Å². The fraction of sp³-hybridized carbons (Fsp3) is 0.500. The summed E-state index contributed by atoms with van der Waals surface area (Å²) in [7, 11) is 0. The van der Waals surface area contributed by atoms with Crippen LogP contribution in [0.25, 0.3) is 0 Å². The maximum atomic E-state index is 13.8. The lowest BCUT2D eigenvalue weighted by Crippen LogP contribution is -2.57. The van der Waals surface area contributed by atoms with Crippen molar-refractivity contribution in [2.75, 3.05) is 13.2 Å². The van der Waals surface area contributed by atoms with E-state index in [1.807, 2.05) is 0 Å². The van der Waals surface area contributed by atoms with Crippen molar-refractivity contribution >= 4 is 11.8 Å². The zero-order chi connectivity index (χ0) is 21.5. The van der Waals surface area contributed by atoms with E-state index in [4.69, 9.17) is 4.74 Å². The highest BCUT2D eigenvalue weighted by Gasteiger charge is 2.58. The number of carbonyl (C=O) groups is 2. The molecule has 3 N–H and O–H groups in total. The molecular weight excluding hydrogens is 401 g/mol. The van der Waals surface area contributed by atoms with Crippen LogP contribution in [0.4, 0.5) is 13.2 Å². The molecule has 0 aliphatic carbocycles. The molecular formula is C20H23F3N4O3. The van der Waals surface area contributed by atoms with Crippen LogP contribution >= 0.6 is 0 Å². The van der Waals surface area contributed by atoms with E-state index >= 15 is 0 Å². The lowest BCUT2D eigenvalue weighted by molar-refractivity contribution is -0.161. The summed E-state index contributed by atoms with van der Waals surface area (Å²) in [6.45, 7) is 2.56. The molecule has 2 saturated heterocycles. The molecule has 0 saturated carbocycles. The minimum atomic E-state index is -4.59. The van der Waals surface area contributed by atoms with Crippen molar-refractivity contribution < 1.29 is 27.5 Å². The Balaban J connectivity index is 1.62. The first-order valence-electron chi connectivity index (χ1n) is 9.85. The number of hydrogen-bond acceptors (Lipinski definition) is 5. The summed E-state index contributed by atoms with van der Waals surface area (Å²) in [5.74, 6) is -2.43. The fourth-order valence-electron chi connectivity index (χ4n) is 4.26. The average Bonchev–Trinajstić information content (AvgIpc) is 3.09. The van der Waals surface area contributed by atoms with E-state index in [-0.39, 0.29) is 17.3 Å². The van der Waals surface area contributed by atoms with Gasteiger partial charge < -0.3 is 15.4 Å². The zero-order valence-electron chi connectivity index (χ0n) is 16.3. The van der Waals surface area contributed by atoms with E-state index in [9.17, 15) is 22.8 Å². The predicted octanol–water partition coefficient (Wildman–Crippen LogP) is 1.55. The van der Waals surface area contributed by atoms with Crippen molar-refractivity contribution in [3.63, 3.8) is 0 Å². The number of hydrazine groups is 1. The molecule has 4 rings (SSSR count). The lowest BCUT2D eigenvalue weighted by Gasteiger charge is -2.35. The molecule has 1 aromatic rings. The van der Waals surface area contributed by atoms with Crippen LogP contribution in [0.1, 0.15) is 31.2 Å². The Morgan fingerprint density at radius 1 is 1.20 bits per heavy atom. The second-order valence-electron chi connectivity index (χ2n) is 7.71. The number of benzene rings is 1. The molecule has 3 atom stereocenters. The number of alkyl halides is 3. The molecule has 3 heterocycles. The number of amides is 2. The van der Waals surface area contributed by atoms with Gasteiger partial charge in [0.1, 0.15) is 17.8 Å². The van der Waals surface area contributed by atoms with Gasteiger partial charge in [0.15, 0.2) is 0 Å². The first-order chi connectivity index (χ1) is 14.3. The van der Waals surface area contributed by atoms with Crippen molar-refractivity contribution in [2.24, 2.45) is 0 Å². The highest BCUT2D eigenvalue weighted by Crippen LogP contribution is 2.41. The Hall–Kier alpha value is -2.59. The number of rotatable bonds is 3. The van der Waals surface area contributed by atoms with E-state index in [1.54, 1.807) is 30.3 Å². The molecule has 3 aliphatic rings. The van der Waals surface area contributed by atoms with Crippen LogP contribution in [0, 0.1) is 0 Å². The van der Waals surface area contributed by atoms with Gasteiger partial charge in [-0.15, -0.1) is 0 Å². The van der Waals surface area contributed by atoms with Crippen molar-refractivity contribution in [1.82, 2.24) is 21.1 Å². The number of nitrogens with one attached hydrogen (secondary N) is 3. The maximum Gasteiger partial charge on any atom is 0.406 e. The number of carbonyl (C=O) groups excluding carboxylic acids is 2. The fourth-order valence-corrected chi connectivity index (χ4v) is 4.26. The minimum Gasteiger partial charge on any atom is -0.381 e. The van der Waals surface area contributed by atoms with Gasteiger partial charge in [-0.2, -0.15) is 13.2 Å². The van der Waals surface area contributed by atoms with E-state index < -0.39 is 36.1 Å². The third-order valence-electron chi connectivity index (χ3n) is 5.75. The molecule has 3 aliphatic heterocycles. The molecule has 7 nitrogen and oxygen atoms in total. The largest absolute Gasteiger partial charge is 0.406 e. The van der Waals surface area contributed by atoms with Gasteiger partial charge in [0.25, 0.3) is 11.8 Å². The average molecular weight is 424 g/mol. The number of hydrogen-bond donors (Lipinski definition) is 3. The number of nitrogens with zero attached hydrogens (tertiary/aromatic N) is 1. The molecule has 30 heavy (non-hydrogen) atoms. The van der Waals surface area contributed by atoms with E-state index in [0.29, 0.717) is 31.6 Å². The van der Waals surface area contributed by atoms with Gasteiger partial charge in [-0.25, -0.2) is 10.4 Å². The Morgan fingerprint density at radius 3 is 2.50 bits per heavy atom. The van der Waals surface area contributed by atoms with Crippen LogP contribution in [-0.4, -0.2) is 54.5 Å². The van der Waals surface area contributed by atoms with Crippen LogP contribution in [0.3, 0.4) is 0 Å². The maximum absolute atomic E-state index is 13.8. The third kappa shape index (κ3) is 3.77. The summed E-state index contributed by atoms with van der Waals surface area (Å²) < 4.78 is 46.6. The molecule has 2 amide bonds. The van der Waals surface area contributed by atoms with Gasteiger partial charge in [0, 0.05) is 25.0 Å². The summed E-state index contributed by atoms with van der Waals surface area (Å²) in [5.41, 5.74) is 2.83. The lowest BCUT2D eigenvalue weighted by atomic mass is 9.89. The molecule has 0 radical (unpaired) electrons. The summed E-state index contributed by atoms with van der Waals surface area (Å²) >= 11 is 0. The second kappa shape index (κ2) is 7.92. The van der Waals surface area contributed by atoms with Crippen molar-refractivity contribution in [3.8, 4) is 0 Å². The van der Waals surface area contributed by atoms with Gasteiger partial charge >= 0.3 is 6.18 Å². The number of ether oxygens (including phenoxy) is 1. The van der Waals surface area contributed by atoms with Crippen molar-refractivity contribution in [3.05, 3.63) is 47.2 Å². The highest BCUT2D eigenvalue weighted by molar-refractivity contribution is 6.19. The van der Waals surface area contributed by atoms with Crippen molar-refractivity contribution in [2.45, 2.75) is 50.1 Å². The van der Waals surface area contributed by atoms with Gasteiger partial charge in [0.2, 0.25) is 0 Å². The van der Waals surface area contributed by atoms with E-state index in [2.05, 4.69) is 16.1 Å². The van der Waals surface area contributed by atoms with Crippen LogP contribution in [0.2, 0.25) is 0 Å². The Bertz CT molecular complexity index is 853.